The number of H-pyrrole nitrogens is 1. The number of nitrogen functional groups attached to an aromatic ring is 1. The second-order valence-corrected chi connectivity index (χ2v) is 9.00. The van der Waals surface area contributed by atoms with Gasteiger partial charge in [-0.15, -0.1) is 0 Å². The van der Waals surface area contributed by atoms with Crippen LogP contribution < -0.4 is 5.73 Å². The molecule has 0 bridgehead atoms. The topological polar surface area (TPSA) is 75.0 Å². The summed E-state index contributed by atoms with van der Waals surface area (Å²) in [6.07, 6.45) is 5.31. The first-order chi connectivity index (χ1) is 16.7. The van der Waals surface area contributed by atoms with Crippen molar-refractivity contribution in [2.24, 2.45) is 0 Å². The van der Waals surface area contributed by atoms with Crippen LogP contribution in [-0.4, -0.2) is 33.9 Å². The molecule has 0 atom stereocenters. The van der Waals surface area contributed by atoms with Crippen LogP contribution in [0.25, 0.3) is 44.2 Å². The number of nitrogens with zero attached hydrogens (tertiary/aromatic N) is 2. The third-order valence-corrected chi connectivity index (χ3v) is 6.79. The van der Waals surface area contributed by atoms with Gasteiger partial charge in [0.25, 0.3) is 5.91 Å². The number of hydrogen-bond donors (Lipinski definition) is 2. The molecule has 34 heavy (non-hydrogen) atoms. The molecule has 0 radical (unpaired) electrons. The van der Waals surface area contributed by atoms with Gasteiger partial charge in [0.1, 0.15) is 5.65 Å². The molecule has 0 spiro atoms. The van der Waals surface area contributed by atoms with Crippen LogP contribution in [-0.2, 0) is 0 Å². The molecule has 0 aliphatic carbocycles. The van der Waals surface area contributed by atoms with Crippen molar-refractivity contribution in [1.82, 2.24) is 14.9 Å². The van der Waals surface area contributed by atoms with E-state index >= 15 is 0 Å². The van der Waals surface area contributed by atoms with Gasteiger partial charge >= 0.3 is 0 Å². The minimum absolute atomic E-state index is 0.121. The summed E-state index contributed by atoms with van der Waals surface area (Å²) < 4.78 is 0. The quantitative estimate of drug-likeness (QED) is 0.321. The Morgan fingerprint density at radius 3 is 2.41 bits per heavy atom. The van der Waals surface area contributed by atoms with Crippen molar-refractivity contribution in [3.8, 4) is 22.3 Å². The Hall–Kier alpha value is -4.12. The van der Waals surface area contributed by atoms with E-state index < -0.39 is 0 Å². The van der Waals surface area contributed by atoms with E-state index in [1.165, 1.54) is 6.42 Å². The Morgan fingerprint density at radius 2 is 1.65 bits per heavy atom. The van der Waals surface area contributed by atoms with Gasteiger partial charge in [0.15, 0.2) is 0 Å². The van der Waals surface area contributed by atoms with Crippen molar-refractivity contribution < 1.29 is 4.79 Å². The Bertz CT molecular complexity index is 1500. The van der Waals surface area contributed by atoms with Crippen LogP contribution in [0, 0.1) is 0 Å². The zero-order valence-electron chi connectivity index (χ0n) is 18.9. The maximum atomic E-state index is 13.0. The highest BCUT2D eigenvalue weighted by Gasteiger charge is 2.20. The summed E-state index contributed by atoms with van der Waals surface area (Å²) in [6.45, 7) is 1.70. The normalized spacial score (nSPS) is 14.1. The smallest absolute Gasteiger partial charge is 0.253 e. The second-order valence-electron chi connectivity index (χ2n) is 9.00. The van der Waals surface area contributed by atoms with Gasteiger partial charge in [-0.2, -0.15) is 0 Å². The molecule has 3 heterocycles. The Kier molecular flexibility index (Phi) is 5.02. The van der Waals surface area contributed by atoms with E-state index in [2.05, 4.69) is 29.2 Å². The largest absolute Gasteiger partial charge is 0.399 e. The zero-order chi connectivity index (χ0) is 23.1. The molecular weight excluding hydrogens is 420 g/mol. The standard InChI is InChI=1S/C29H26N4O/c30-22-13-14-25-23(17-22)27-26(20-7-3-1-4-8-20)24(18-31-28(27)32-25)19-9-11-21(12-10-19)29(34)33-15-5-2-6-16-33/h1,3-4,7-14,17-18H,2,5-6,15-16,30H2,(H,31,32). The summed E-state index contributed by atoms with van der Waals surface area (Å²) in [5.41, 5.74) is 13.7. The van der Waals surface area contributed by atoms with Crippen molar-refractivity contribution in [1.29, 1.82) is 0 Å². The lowest BCUT2D eigenvalue weighted by molar-refractivity contribution is 0.0724. The van der Waals surface area contributed by atoms with E-state index in [0.717, 1.165) is 81.4 Å². The van der Waals surface area contributed by atoms with Crippen molar-refractivity contribution in [3.63, 3.8) is 0 Å². The highest BCUT2D eigenvalue weighted by atomic mass is 16.2. The average Bonchev–Trinajstić information content (AvgIpc) is 3.26. The Morgan fingerprint density at radius 1 is 0.882 bits per heavy atom. The number of rotatable bonds is 3. The fraction of sp³-hybridized carbons (Fsp3) is 0.172. The van der Waals surface area contributed by atoms with Gasteiger partial charge in [0.05, 0.1) is 0 Å². The number of benzene rings is 3. The molecule has 2 aromatic heterocycles. The molecule has 0 unspecified atom stereocenters. The lowest BCUT2D eigenvalue weighted by Gasteiger charge is -2.26. The average molecular weight is 447 g/mol. The number of aromatic nitrogens is 2. The summed E-state index contributed by atoms with van der Waals surface area (Å²) in [4.78, 5) is 23.1. The molecule has 1 saturated heterocycles. The zero-order valence-corrected chi connectivity index (χ0v) is 18.9. The second kappa shape index (κ2) is 8.34. The van der Waals surface area contributed by atoms with Crippen molar-refractivity contribution >= 4 is 33.5 Å². The van der Waals surface area contributed by atoms with Gasteiger partial charge in [0.2, 0.25) is 0 Å². The maximum Gasteiger partial charge on any atom is 0.253 e. The predicted octanol–water partition coefficient (Wildman–Crippen LogP) is 6.26. The maximum absolute atomic E-state index is 13.0. The number of piperidine rings is 1. The monoisotopic (exact) mass is 446 g/mol. The molecular formula is C29H26N4O. The first kappa shape index (κ1) is 20.5. The van der Waals surface area contributed by atoms with Gasteiger partial charge in [0, 0.05) is 58.0 Å². The van der Waals surface area contributed by atoms with E-state index in [4.69, 9.17) is 10.7 Å². The highest BCUT2D eigenvalue weighted by molar-refractivity contribution is 6.16. The molecule has 1 amide bonds. The molecule has 168 valence electrons. The van der Waals surface area contributed by atoms with E-state index in [1.807, 2.05) is 59.6 Å². The van der Waals surface area contributed by atoms with E-state index in [9.17, 15) is 4.79 Å². The SMILES string of the molecule is Nc1ccc2[nH]c3ncc(-c4ccc(C(=O)N5CCCCC5)cc4)c(-c4ccccc4)c3c2c1. The minimum atomic E-state index is 0.121. The number of amides is 1. The molecule has 5 heteroatoms. The summed E-state index contributed by atoms with van der Waals surface area (Å²) in [5.74, 6) is 0.121. The van der Waals surface area contributed by atoms with E-state index in [-0.39, 0.29) is 5.91 Å². The van der Waals surface area contributed by atoms with Crippen LogP contribution in [0.3, 0.4) is 0 Å². The summed E-state index contributed by atoms with van der Waals surface area (Å²) in [6, 6.07) is 24.2. The third-order valence-electron chi connectivity index (χ3n) is 6.79. The van der Waals surface area contributed by atoms with Gasteiger partial charge in [-0.05, 0) is 60.7 Å². The van der Waals surface area contributed by atoms with Gasteiger partial charge in [-0.25, -0.2) is 4.98 Å². The number of aromatic amines is 1. The molecule has 5 aromatic rings. The van der Waals surface area contributed by atoms with Gasteiger partial charge < -0.3 is 15.6 Å². The van der Waals surface area contributed by atoms with Crippen LogP contribution in [0.15, 0.2) is 79.0 Å². The van der Waals surface area contributed by atoms with Crippen LogP contribution in [0.2, 0.25) is 0 Å². The van der Waals surface area contributed by atoms with Crippen molar-refractivity contribution in [3.05, 3.63) is 84.6 Å². The summed E-state index contributed by atoms with van der Waals surface area (Å²) in [5, 5.41) is 2.11. The fourth-order valence-electron chi connectivity index (χ4n) is 5.07. The van der Waals surface area contributed by atoms with Crippen LogP contribution in [0.5, 0.6) is 0 Å². The molecule has 1 aliphatic rings. The number of carbonyl (C=O) groups is 1. The minimum Gasteiger partial charge on any atom is -0.399 e. The Balaban J connectivity index is 1.51. The molecule has 1 fully saturated rings. The van der Waals surface area contributed by atoms with Crippen LogP contribution in [0.1, 0.15) is 29.6 Å². The number of carbonyl (C=O) groups excluding carboxylic acids is 1. The molecule has 1 aliphatic heterocycles. The Labute approximate surface area is 198 Å². The third kappa shape index (κ3) is 3.50. The van der Waals surface area contributed by atoms with E-state index in [1.54, 1.807) is 0 Å². The first-order valence-corrected chi connectivity index (χ1v) is 11.8. The summed E-state index contributed by atoms with van der Waals surface area (Å²) >= 11 is 0. The lowest BCUT2D eigenvalue weighted by Crippen LogP contribution is -2.35. The number of pyridine rings is 1. The molecule has 5 nitrogen and oxygen atoms in total. The number of nitrogens with one attached hydrogen (secondary N) is 1. The lowest BCUT2D eigenvalue weighted by atomic mass is 9.92. The number of nitrogens with two attached hydrogens (primary N) is 1. The van der Waals surface area contributed by atoms with Crippen molar-refractivity contribution in [2.45, 2.75) is 19.3 Å². The van der Waals surface area contributed by atoms with E-state index in [0.29, 0.717) is 0 Å². The molecule has 3 aromatic carbocycles. The van der Waals surface area contributed by atoms with Crippen molar-refractivity contribution in [2.75, 3.05) is 18.8 Å². The molecule has 6 rings (SSSR count). The molecule has 3 N–H and O–H groups in total. The predicted molar refractivity (Wildman–Crippen MR) is 139 cm³/mol. The van der Waals surface area contributed by atoms with Gasteiger partial charge in [-0.1, -0.05) is 42.5 Å². The van der Waals surface area contributed by atoms with Crippen LogP contribution in [0.4, 0.5) is 5.69 Å². The number of fused-ring (bicyclic) bond motifs is 3. The number of anilines is 1. The fourth-order valence-corrected chi connectivity index (χ4v) is 5.07. The number of hydrogen-bond acceptors (Lipinski definition) is 3. The number of likely N-dealkylation sites (tertiary alicyclic amines) is 1. The van der Waals surface area contributed by atoms with Crippen LogP contribution >= 0.6 is 0 Å². The highest BCUT2D eigenvalue weighted by Crippen LogP contribution is 2.40. The first-order valence-electron chi connectivity index (χ1n) is 11.8. The molecule has 0 saturated carbocycles. The van der Waals surface area contributed by atoms with Gasteiger partial charge in [-0.3, -0.25) is 4.79 Å². The summed E-state index contributed by atoms with van der Waals surface area (Å²) in [7, 11) is 0.